The van der Waals surface area contributed by atoms with E-state index in [1.165, 1.54) is 0 Å². The molecule has 1 aromatic heterocycles. The number of halogens is 2. The standard InChI is InChI=1S/C60H66Cl2N6O4/c1-41(2)33-37-69-47-25-17-43(18-26-47)55-56(44-19-27-48(28-20-44)70-38-34-42(3)4)65-60(64-55,52-14-10-12-16-54(52)62)68-58(46-23-31-50(32-24-46)72-40-36-67(7)8)57(63-59(68)51-13-9-11-15-53(51)61)45-21-29-49(30-22-45)71-39-35-66(5)6/h9-32,41-42H,33-40H2,1-8H3. The van der Waals surface area contributed by atoms with E-state index in [1.807, 2.05) is 137 Å². The van der Waals surface area contributed by atoms with Gasteiger partial charge in [0.2, 0.25) is 0 Å². The highest BCUT2D eigenvalue weighted by Gasteiger charge is 2.46. The van der Waals surface area contributed by atoms with Gasteiger partial charge in [-0.25, -0.2) is 15.0 Å². The summed E-state index contributed by atoms with van der Waals surface area (Å²) >= 11 is 14.7. The highest BCUT2D eigenvalue weighted by molar-refractivity contribution is 6.54. The van der Waals surface area contributed by atoms with E-state index in [4.69, 9.17) is 57.1 Å². The van der Waals surface area contributed by atoms with Crippen molar-refractivity contribution < 1.29 is 18.9 Å². The number of aromatic nitrogens is 2. The molecule has 2 heterocycles. The summed E-state index contributed by atoms with van der Waals surface area (Å²) in [5.41, 5.74) is 7.47. The third-order valence-electron chi connectivity index (χ3n) is 12.4. The molecule has 10 nitrogen and oxygen atoms in total. The summed E-state index contributed by atoms with van der Waals surface area (Å²) < 4.78 is 27.0. The minimum atomic E-state index is -1.59. The Morgan fingerprint density at radius 3 is 1.32 bits per heavy atom. The lowest BCUT2D eigenvalue weighted by molar-refractivity contribution is 0.261. The van der Waals surface area contributed by atoms with Crippen LogP contribution in [0.5, 0.6) is 23.0 Å². The van der Waals surface area contributed by atoms with Gasteiger partial charge in [-0.2, -0.15) is 0 Å². The van der Waals surface area contributed by atoms with Crippen LogP contribution < -0.4 is 18.9 Å². The zero-order chi connectivity index (χ0) is 50.8. The molecule has 0 spiro atoms. The summed E-state index contributed by atoms with van der Waals surface area (Å²) in [5.74, 6) is 3.06. The molecule has 8 rings (SSSR count). The molecular formula is C60H66Cl2N6O4. The molecule has 7 aromatic rings. The van der Waals surface area contributed by atoms with E-state index >= 15 is 0 Å². The smallest absolute Gasteiger partial charge is 0.263 e. The molecule has 0 N–H and O–H groups in total. The van der Waals surface area contributed by atoms with Crippen molar-refractivity contribution in [1.29, 1.82) is 0 Å². The molecule has 12 heteroatoms. The highest BCUT2D eigenvalue weighted by atomic mass is 35.5. The van der Waals surface area contributed by atoms with E-state index in [0.717, 1.165) is 76.9 Å². The fourth-order valence-corrected chi connectivity index (χ4v) is 8.77. The molecule has 6 aromatic carbocycles. The van der Waals surface area contributed by atoms with Crippen molar-refractivity contribution >= 4 is 34.6 Å². The quantitative estimate of drug-likeness (QED) is 0.0631. The maximum absolute atomic E-state index is 7.47. The van der Waals surface area contributed by atoms with Gasteiger partial charge in [-0.15, -0.1) is 0 Å². The van der Waals surface area contributed by atoms with E-state index in [1.54, 1.807) is 0 Å². The molecule has 1 aliphatic rings. The van der Waals surface area contributed by atoms with E-state index in [-0.39, 0.29) is 0 Å². The number of hydrogen-bond acceptors (Lipinski definition) is 9. The van der Waals surface area contributed by atoms with Gasteiger partial charge in [0.1, 0.15) is 42.0 Å². The SMILES string of the molecule is CC(C)CCOc1ccc(C2=NC(c3ccccc3Cl)(n3c(-c4ccccc4Cl)nc(-c4ccc(OCCN(C)C)cc4)c3-c3ccc(OCCN(C)C)cc3)N=C2c2ccc(OCCC(C)C)cc2)cc1. The first-order chi connectivity index (χ1) is 34.8. The Kier molecular flexibility index (Phi) is 17.2. The van der Waals surface area contributed by atoms with Gasteiger partial charge in [-0.3, -0.25) is 4.57 Å². The Morgan fingerprint density at radius 2 is 0.889 bits per heavy atom. The Bertz CT molecular complexity index is 2870. The van der Waals surface area contributed by atoms with Crippen LogP contribution in [0.25, 0.3) is 33.9 Å². The van der Waals surface area contributed by atoms with Crippen molar-refractivity contribution in [2.24, 2.45) is 21.8 Å². The van der Waals surface area contributed by atoms with Gasteiger partial charge < -0.3 is 28.7 Å². The third-order valence-corrected chi connectivity index (χ3v) is 13.0. The number of hydrogen-bond donors (Lipinski definition) is 0. The second-order valence-corrected chi connectivity index (χ2v) is 20.3. The minimum Gasteiger partial charge on any atom is -0.494 e. The Hall–Kier alpha value is -6.43. The summed E-state index contributed by atoms with van der Waals surface area (Å²) in [4.78, 5) is 21.6. The zero-order valence-corrected chi connectivity index (χ0v) is 44.3. The summed E-state index contributed by atoms with van der Waals surface area (Å²) in [6, 6.07) is 48.0. The largest absolute Gasteiger partial charge is 0.494 e. The van der Waals surface area contributed by atoms with Crippen molar-refractivity contribution in [2.45, 2.75) is 46.3 Å². The van der Waals surface area contributed by atoms with Crippen LogP contribution in [0.3, 0.4) is 0 Å². The van der Waals surface area contributed by atoms with E-state index in [0.29, 0.717) is 82.4 Å². The molecule has 0 unspecified atom stereocenters. The number of aliphatic imine (C=N–C) groups is 2. The first-order valence-corrected chi connectivity index (χ1v) is 25.6. The summed E-state index contributed by atoms with van der Waals surface area (Å²) in [7, 11) is 8.13. The van der Waals surface area contributed by atoms with Gasteiger partial charge in [0.25, 0.3) is 5.79 Å². The molecule has 72 heavy (non-hydrogen) atoms. The lowest BCUT2D eigenvalue weighted by Crippen LogP contribution is -2.31. The number of rotatable bonds is 23. The van der Waals surface area contributed by atoms with Crippen molar-refractivity contribution in [3.8, 4) is 56.9 Å². The number of benzene rings is 6. The molecule has 0 bridgehead atoms. The first-order valence-electron chi connectivity index (χ1n) is 24.8. The highest BCUT2D eigenvalue weighted by Crippen LogP contribution is 2.49. The Labute approximate surface area is 435 Å². The average molecular weight is 1010 g/mol. The van der Waals surface area contributed by atoms with Crippen LogP contribution in [0.1, 0.15) is 57.2 Å². The number of imidazole rings is 1. The molecule has 0 aliphatic carbocycles. The molecular weight excluding hydrogens is 940 g/mol. The van der Waals surface area contributed by atoms with Gasteiger partial charge >= 0.3 is 0 Å². The van der Waals surface area contributed by atoms with Crippen LogP contribution in [-0.4, -0.2) is 98.5 Å². The second kappa shape index (κ2) is 23.9. The second-order valence-electron chi connectivity index (χ2n) is 19.4. The van der Waals surface area contributed by atoms with Crippen molar-refractivity contribution in [2.75, 3.05) is 67.7 Å². The molecule has 0 saturated heterocycles. The van der Waals surface area contributed by atoms with Crippen LogP contribution in [0.2, 0.25) is 10.0 Å². The van der Waals surface area contributed by atoms with Crippen LogP contribution in [-0.2, 0) is 5.79 Å². The molecule has 0 amide bonds. The van der Waals surface area contributed by atoms with Crippen LogP contribution in [0.4, 0.5) is 0 Å². The van der Waals surface area contributed by atoms with Gasteiger partial charge in [0.05, 0.1) is 46.1 Å². The Balaban J connectivity index is 1.41. The van der Waals surface area contributed by atoms with Crippen molar-refractivity contribution in [3.63, 3.8) is 0 Å². The average Bonchev–Trinajstić information content (AvgIpc) is 3.96. The summed E-state index contributed by atoms with van der Waals surface area (Å²) in [6.45, 7) is 12.7. The predicted octanol–water partition coefficient (Wildman–Crippen LogP) is 13.6. The fourth-order valence-electron chi connectivity index (χ4n) is 8.29. The fraction of sp³-hybridized carbons (Fsp3) is 0.317. The van der Waals surface area contributed by atoms with Crippen molar-refractivity contribution in [3.05, 3.63) is 172 Å². The minimum absolute atomic E-state index is 0.476. The van der Waals surface area contributed by atoms with E-state index < -0.39 is 5.79 Å². The summed E-state index contributed by atoms with van der Waals surface area (Å²) in [6.07, 6.45) is 1.90. The lowest BCUT2D eigenvalue weighted by atomic mass is 10.00. The molecule has 0 radical (unpaired) electrons. The van der Waals surface area contributed by atoms with E-state index in [9.17, 15) is 0 Å². The first kappa shape index (κ1) is 51.9. The number of nitrogens with zero attached hydrogens (tertiary/aromatic N) is 6. The summed E-state index contributed by atoms with van der Waals surface area (Å²) in [5, 5.41) is 0.988. The van der Waals surface area contributed by atoms with Crippen LogP contribution >= 0.6 is 23.2 Å². The monoisotopic (exact) mass is 1000 g/mol. The maximum Gasteiger partial charge on any atom is 0.263 e. The van der Waals surface area contributed by atoms with E-state index in [2.05, 4.69) is 78.5 Å². The number of likely N-dealkylation sites (N-methyl/N-ethyl adjacent to an activating group) is 2. The molecule has 0 atom stereocenters. The molecule has 1 aliphatic heterocycles. The predicted molar refractivity (Wildman–Crippen MR) is 296 cm³/mol. The number of ether oxygens (including phenoxy) is 4. The zero-order valence-electron chi connectivity index (χ0n) is 42.7. The molecule has 374 valence electrons. The van der Waals surface area contributed by atoms with Gasteiger partial charge in [0, 0.05) is 46.5 Å². The van der Waals surface area contributed by atoms with Crippen LogP contribution in [0.15, 0.2) is 156 Å². The third kappa shape index (κ3) is 12.4. The van der Waals surface area contributed by atoms with Crippen LogP contribution in [0, 0.1) is 11.8 Å². The molecule has 0 saturated carbocycles. The normalized spacial score (nSPS) is 13.2. The van der Waals surface area contributed by atoms with Gasteiger partial charge in [-0.05, 0) is 168 Å². The lowest BCUT2D eigenvalue weighted by Gasteiger charge is -2.30. The van der Waals surface area contributed by atoms with Gasteiger partial charge in [-0.1, -0.05) is 81.2 Å². The Morgan fingerprint density at radius 1 is 0.486 bits per heavy atom. The van der Waals surface area contributed by atoms with Crippen molar-refractivity contribution in [1.82, 2.24) is 19.4 Å². The maximum atomic E-state index is 7.47. The molecule has 0 fully saturated rings. The topological polar surface area (TPSA) is 85.9 Å². The van der Waals surface area contributed by atoms with Gasteiger partial charge in [0.15, 0.2) is 0 Å².